The van der Waals surface area contributed by atoms with Gasteiger partial charge in [-0.05, 0) is 12.1 Å². The molecule has 4 N–H and O–H groups in total. The summed E-state index contributed by atoms with van der Waals surface area (Å²) in [4.78, 5) is 16.7. The summed E-state index contributed by atoms with van der Waals surface area (Å²) < 4.78 is 1.68. The van der Waals surface area contributed by atoms with Crippen molar-refractivity contribution in [3.05, 3.63) is 48.7 Å². The number of H-pyrrole nitrogens is 1. The van der Waals surface area contributed by atoms with Crippen LogP contribution in [0.2, 0.25) is 0 Å². The number of fused-ring (bicyclic) bond motifs is 2. The van der Waals surface area contributed by atoms with Crippen molar-refractivity contribution in [2.24, 2.45) is 0 Å². The van der Waals surface area contributed by atoms with Gasteiger partial charge in [0.25, 0.3) is 0 Å². The van der Waals surface area contributed by atoms with Crippen molar-refractivity contribution in [3.63, 3.8) is 0 Å². The van der Waals surface area contributed by atoms with E-state index in [0.717, 1.165) is 22.2 Å². The van der Waals surface area contributed by atoms with E-state index in [1.54, 1.807) is 23.3 Å². The molecule has 5 heterocycles. The van der Waals surface area contributed by atoms with Crippen molar-refractivity contribution in [3.8, 4) is 11.3 Å². The summed E-state index contributed by atoms with van der Waals surface area (Å²) in [6.45, 7) is 1.08. The van der Waals surface area contributed by atoms with E-state index in [4.69, 9.17) is 10.1 Å². The third kappa shape index (κ3) is 2.76. The number of nitrogens with one attached hydrogen (secondary N) is 3. The van der Waals surface area contributed by atoms with Gasteiger partial charge < -0.3 is 10.1 Å². The minimum Gasteiger partial charge on any atom is -0.394 e. The second kappa shape index (κ2) is 6.34. The van der Waals surface area contributed by atoms with Crippen LogP contribution in [0.5, 0.6) is 0 Å². The number of hydrogen-bond donors (Lipinski definition) is 4. The van der Waals surface area contributed by atoms with Crippen molar-refractivity contribution in [2.75, 3.05) is 17.0 Å². The molecule has 0 bridgehead atoms. The largest absolute Gasteiger partial charge is 0.394 e. The first kappa shape index (κ1) is 15.7. The molecule has 5 rings (SSSR count). The maximum atomic E-state index is 9.04. The molecule has 0 saturated carbocycles. The number of aromatic nitrogens is 6. The number of hydrazine groups is 2. The fraction of sp³-hybridized carbons (Fsp3) is 0.176. The lowest BCUT2D eigenvalue weighted by Gasteiger charge is -2.16. The number of pyridine rings is 1. The molecule has 4 aromatic heterocycles. The van der Waals surface area contributed by atoms with Crippen LogP contribution in [0.4, 0.5) is 11.6 Å². The van der Waals surface area contributed by atoms with Crippen LogP contribution < -0.4 is 16.0 Å². The topological polar surface area (TPSA) is 120 Å². The van der Waals surface area contributed by atoms with Crippen LogP contribution in [0.3, 0.4) is 0 Å². The van der Waals surface area contributed by atoms with E-state index >= 15 is 0 Å². The fourth-order valence-electron chi connectivity index (χ4n) is 3.12. The summed E-state index contributed by atoms with van der Waals surface area (Å²) in [6.07, 6.45) is 8.98. The second-order valence-electron chi connectivity index (χ2n) is 6.18. The van der Waals surface area contributed by atoms with E-state index in [1.807, 2.05) is 29.5 Å². The predicted octanol–water partition coefficient (Wildman–Crippen LogP) is 1.06. The Morgan fingerprint density at radius 3 is 3.07 bits per heavy atom. The van der Waals surface area contributed by atoms with Gasteiger partial charge in [-0.25, -0.2) is 15.0 Å². The summed E-state index contributed by atoms with van der Waals surface area (Å²) in [6, 6.07) is 3.96. The first-order valence-electron chi connectivity index (χ1n) is 8.53. The van der Waals surface area contributed by atoms with Crippen LogP contribution in [0.25, 0.3) is 22.3 Å². The summed E-state index contributed by atoms with van der Waals surface area (Å²) >= 11 is 0. The molecule has 0 fully saturated rings. The Balaban J connectivity index is 1.45. The lowest BCUT2D eigenvalue weighted by molar-refractivity contribution is 0.269. The number of rotatable bonds is 5. The Hall–Kier alpha value is -3.50. The average molecular weight is 363 g/mol. The van der Waals surface area contributed by atoms with Gasteiger partial charge in [-0.1, -0.05) is 0 Å². The van der Waals surface area contributed by atoms with E-state index in [1.165, 1.54) is 0 Å². The predicted molar refractivity (Wildman–Crippen MR) is 99.4 cm³/mol. The first-order chi connectivity index (χ1) is 13.3. The maximum Gasteiger partial charge on any atom is 0.190 e. The van der Waals surface area contributed by atoms with Crippen LogP contribution in [0, 0.1) is 0 Å². The molecule has 0 aliphatic carbocycles. The number of aliphatic hydroxyl groups is 1. The molecule has 136 valence electrons. The quantitative estimate of drug-likeness (QED) is 0.415. The molecule has 27 heavy (non-hydrogen) atoms. The van der Waals surface area contributed by atoms with Crippen molar-refractivity contribution in [2.45, 2.75) is 13.1 Å². The van der Waals surface area contributed by atoms with Gasteiger partial charge in [-0.2, -0.15) is 5.10 Å². The monoisotopic (exact) mass is 363 g/mol. The van der Waals surface area contributed by atoms with E-state index in [2.05, 4.69) is 31.0 Å². The number of hydrogen-bond acceptors (Lipinski definition) is 8. The normalized spacial score (nSPS) is 13.1. The van der Waals surface area contributed by atoms with E-state index in [-0.39, 0.29) is 6.61 Å². The number of nitrogens with zero attached hydrogens (tertiary/aromatic N) is 6. The third-order valence-electron chi connectivity index (χ3n) is 4.44. The molecule has 0 unspecified atom stereocenters. The minimum atomic E-state index is 0.0398. The number of aromatic amines is 1. The van der Waals surface area contributed by atoms with E-state index < -0.39 is 0 Å². The summed E-state index contributed by atoms with van der Waals surface area (Å²) in [5, 5.41) is 16.2. The van der Waals surface area contributed by atoms with Gasteiger partial charge in [0, 0.05) is 35.1 Å². The van der Waals surface area contributed by atoms with Crippen molar-refractivity contribution in [1.29, 1.82) is 0 Å². The lowest BCUT2D eigenvalue weighted by atomic mass is 10.2. The van der Waals surface area contributed by atoms with Gasteiger partial charge in [0.2, 0.25) is 0 Å². The molecule has 1 aliphatic heterocycles. The summed E-state index contributed by atoms with van der Waals surface area (Å²) in [7, 11) is 0. The maximum absolute atomic E-state index is 9.04. The lowest BCUT2D eigenvalue weighted by Crippen LogP contribution is -2.35. The molecule has 4 aromatic rings. The molecule has 0 atom stereocenters. The molecular formula is C17H17N9O. The Morgan fingerprint density at radius 2 is 2.15 bits per heavy atom. The van der Waals surface area contributed by atoms with Gasteiger partial charge >= 0.3 is 0 Å². The van der Waals surface area contributed by atoms with Crippen LogP contribution in [-0.4, -0.2) is 41.4 Å². The first-order valence-corrected chi connectivity index (χ1v) is 8.53. The highest BCUT2D eigenvalue weighted by molar-refractivity contribution is 5.80. The van der Waals surface area contributed by atoms with Crippen LogP contribution in [0.15, 0.2) is 43.1 Å². The SMILES string of the molecule is OCCn1cc(-c2cnc3c(n2)N(Cc2c[nH]c4ncccc24)NN3)cn1. The fourth-order valence-corrected chi connectivity index (χ4v) is 3.12. The molecule has 10 nitrogen and oxygen atoms in total. The van der Waals surface area contributed by atoms with Gasteiger partial charge in [0.1, 0.15) is 5.65 Å². The highest BCUT2D eigenvalue weighted by atomic mass is 16.3. The zero-order valence-corrected chi connectivity index (χ0v) is 14.3. The zero-order chi connectivity index (χ0) is 18.2. The Bertz CT molecular complexity index is 1100. The molecule has 10 heteroatoms. The number of anilines is 2. The van der Waals surface area contributed by atoms with Crippen molar-refractivity contribution >= 4 is 22.7 Å². The highest BCUT2D eigenvalue weighted by Gasteiger charge is 2.23. The standard InChI is InChI=1S/C17H17N9O/c27-5-4-25-9-12(7-21-25)14-8-20-16-17(22-14)26(24-23-16)10-11-6-19-15-13(11)2-1-3-18-15/h1-3,6-9,24,27H,4-5,10H2,(H,18,19)(H,20,23). The molecule has 0 spiro atoms. The minimum absolute atomic E-state index is 0.0398. The van der Waals surface area contributed by atoms with Gasteiger partial charge in [0.15, 0.2) is 11.6 Å². The molecule has 1 aliphatic rings. The molecule has 0 saturated heterocycles. The van der Waals surface area contributed by atoms with Crippen LogP contribution in [0.1, 0.15) is 5.56 Å². The molecule has 0 aromatic carbocycles. The molecule has 0 radical (unpaired) electrons. The molecule has 0 amide bonds. The van der Waals surface area contributed by atoms with Crippen LogP contribution in [-0.2, 0) is 13.1 Å². The molecular weight excluding hydrogens is 346 g/mol. The highest BCUT2D eigenvalue weighted by Crippen LogP contribution is 2.29. The van der Waals surface area contributed by atoms with Gasteiger partial charge in [0.05, 0.1) is 37.8 Å². The number of aliphatic hydroxyl groups excluding tert-OH is 1. The van der Waals surface area contributed by atoms with E-state index in [9.17, 15) is 0 Å². The summed E-state index contributed by atoms with van der Waals surface area (Å²) in [5.41, 5.74) is 9.66. The van der Waals surface area contributed by atoms with Gasteiger partial charge in [-0.3, -0.25) is 15.1 Å². The van der Waals surface area contributed by atoms with Crippen molar-refractivity contribution < 1.29 is 5.11 Å². The van der Waals surface area contributed by atoms with Gasteiger partial charge in [-0.15, -0.1) is 5.53 Å². The zero-order valence-electron chi connectivity index (χ0n) is 14.3. The smallest absolute Gasteiger partial charge is 0.190 e. The Morgan fingerprint density at radius 1 is 1.19 bits per heavy atom. The Labute approximate surface area is 153 Å². The average Bonchev–Trinajstić information content (AvgIpc) is 3.42. The Kier molecular flexibility index (Phi) is 3.69. The third-order valence-corrected chi connectivity index (χ3v) is 4.44. The van der Waals surface area contributed by atoms with Crippen LogP contribution >= 0.6 is 0 Å². The van der Waals surface area contributed by atoms with Crippen molar-refractivity contribution in [1.82, 2.24) is 35.3 Å². The van der Waals surface area contributed by atoms with E-state index in [0.29, 0.717) is 30.4 Å². The summed E-state index contributed by atoms with van der Waals surface area (Å²) in [5.74, 6) is 1.38. The second-order valence-corrected chi connectivity index (χ2v) is 6.18.